The van der Waals surface area contributed by atoms with E-state index in [-0.39, 0.29) is 38.2 Å². The first-order valence-electron chi connectivity index (χ1n) is 14.0. The lowest BCUT2D eigenvalue weighted by molar-refractivity contribution is -0.155. The molecule has 1 saturated carbocycles. The van der Waals surface area contributed by atoms with Crippen molar-refractivity contribution in [1.29, 1.82) is 0 Å². The number of methoxy groups -OCH3 is 1. The second-order valence-corrected chi connectivity index (χ2v) is 10.3. The molecule has 0 unspecified atom stereocenters. The van der Waals surface area contributed by atoms with Gasteiger partial charge in [-0.25, -0.2) is 9.59 Å². The number of nitrogens with zero attached hydrogens (tertiary/aromatic N) is 1. The summed E-state index contributed by atoms with van der Waals surface area (Å²) >= 11 is 0. The highest BCUT2D eigenvalue weighted by Gasteiger charge is 2.52. The third-order valence-corrected chi connectivity index (χ3v) is 7.75. The van der Waals surface area contributed by atoms with Crippen molar-refractivity contribution in [1.82, 2.24) is 10.2 Å². The molecular formula is C31H44N2O7. The molecule has 0 radical (unpaired) electrons. The number of benzene rings is 2. The molecule has 9 nitrogen and oxygen atoms in total. The molecule has 2 aromatic rings. The zero-order valence-corrected chi connectivity index (χ0v) is 24.8. The van der Waals surface area contributed by atoms with Crippen LogP contribution >= 0.6 is 0 Å². The Hall–Kier alpha value is -3.30. The Balaban J connectivity index is 1.92. The van der Waals surface area contributed by atoms with Crippen molar-refractivity contribution in [3.05, 3.63) is 58.7 Å². The van der Waals surface area contributed by atoms with Crippen LogP contribution in [-0.4, -0.2) is 67.1 Å². The summed E-state index contributed by atoms with van der Waals surface area (Å²) in [6.07, 6.45) is 0.0390. The van der Waals surface area contributed by atoms with Crippen LogP contribution in [0.2, 0.25) is 0 Å². The van der Waals surface area contributed by atoms with E-state index in [2.05, 4.69) is 5.32 Å². The summed E-state index contributed by atoms with van der Waals surface area (Å²) in [5, 5.41) is 12.8. The maximum atomic E-state index is 13.8. The van der Waals surface area contributed by atoms with Crippen molar-refractivity contribution in [3.8, 4) is 11.5 Å². The molecule has 0 heterocycles. The molecule has 2 N–H and O–H groups in total. The van der Waals surface area contributed by atoms with Crippen molar-refractivity contribution in [2.45, 2.75) is 78.2 Å². The number of carbonyl (C=O) groups excluding carboxylic acids is 1. The summed E-state index contributed by atoms with van der Waals surface area (Å²) in [5.41, 5.74) is 2.33. The number of amides is 2. The van der Waals surface area contributed by atoms with Gasteiger partial charge in [0.2, 0.25) is 0 Å². The number of rotatable bonds is 14. The number of carboxylic acids is 1. The monoisotopic (exact) mass is 556 g/mol. The molecule has 220 valence electrons. The van der Waals surface area contributed by atoms with E-state index in [1.807, 2.05) is 77.9 Å². The highest BCUT2D eigenvalue weighted by atomic mass is 16.5. The highest BCUT2D eigenvalue weighted by Crippen LogP contribution is 2.39. The van der Waals surface area contributed by atoms with E-state index in [4.69, 9.17) is 18.9 Å². The summed E-state index contributed by atoms with van der Waals surface area (Å²) in [5.74, 6) is 0.352. The molecule has 1 aliphatic rings. The average molecular weight is 557 g/mol. The molecular weight excluding hydrogens is 512 g/mol. The van der Waals surface area contributed by atoms with E-state index in [1.165, 1.54) is 0 Å². The molecule has 2 aromatic carbocycles. The van der Waals surface area contributed by atoms with Crippen LogP contribution in [0.25, 0.3) is 0 Å². The Morgan fingerprint density at radius 1 is 1.07 bits per heavy atom. The molecule has 2 atom stereocenters. The molecule has 0 bridgehead atoms. The minimum atomic E-state index is -1.37. The Kier molecular flexibility index (Phi) is 10.8. The standard InChI is InChI=1S/C31H44N2O7/c1-8-38-27-17-26(20(3)28(21(27)4)39-9-2)22(5)33(15-16-40-23(6)24-13-11-10-12-14-24)30(36)32-31(29(34)35)18-25(19-31)37-7/h10-14,17,22-23,25H,8-9,15-16,18-19H2,1-7H3,(H,32,36)(H,34,35)/t22-,23+,25-,31-/m1/s1. The Morgan fingerprint density at radius 2 is 1.73 bits per heavy atom. The average Bonchev–Trinajstić information content (AvgIpc) is 2.92. The van der Waals surface area contributed by atoms with E-state index < -0.39 is 23.6 Å². The number of nitrogens with one attached hydrogen (secondary N) is 1. The molecule has 40 heavy (non-hydrogen) atoms. The van der Waals surface area contributed by atoms with Crippen molar-refractivity contribution in [2.24, 2.45) is 0 Å². The second-order valence-electron chi connectivity index (χ2n) is 10.3. The predicted octanol–water partition coefficient (Wildman–Crippen LogP) is 5.58. The topological polar surface area (TPSA) is 107 Å². The number of hydrogen-bond acceptors (Lipinski definition) is 6. The van der Waals surface area contributed by atoms with Gasteiger partial charge in [-0.15, -0.1) is 0 Å². The molecule has 0 saturated heterocycles. The lowest BCUT2D eigenvalue weighted by Gasteiger charge is -2.45. The van der Waals surface area contributed by atoms with Gasteiger partial charge in [-0.1, -0.05) is 30.3 Å². The van der Waals surface area contributed by atoms with Crippen LogP contribution in [-0.2, 0) is 14.3 Å². The van der Waals surface area contributed by atoms with Crippen LogP contribution in [0.3, 0.4) is 0 Å². The number of carbonyl (C=O) groups is 2. The molecule has 3 rings (SSSR count). The van der Waals surface area contributed by atoms with Gasteiger partial charge in [0.15, 0.2) is 0 Å². The van der Waals surface area contributed by atoms with Crippen LogP contribution in [0, 0.1) is 13.8 Å². The summed E-state index contributed by atoms with van der Waals surface area (Å²) in [7, 11) is 1.55. The third-order valence-electron chi connectivity index (χ3n) is 7.75. The first-order valence-corrected chi connectivity index (χ1v) is 14.0. The van der Waals surface area contributed by atoms with Crippen LogP contribution < -0.4 is 14.8 Å². The summed E-state index contributed by atoms with van der Waals surface area (Å²) in [6, 6.07) is 10.9. The van der Waals surface area contributed by atoms with Gasteiger partial charge in [0, 0.05) is 32.1 Å². The SMILES string of the molecule is CCOc1cc([C@@H](C)N(CCO[C@@H](C)c2ccccc2)C(=O)N[C@]2(C(=O)O)C[C@@H](OC)C2)c(C)c(OCC)c1C. The van der Waals surface area contributed by atoms with E-state index >= 15 is 0 Å². The Bertz CT molecular complexity index is 1150. The number of aliphatic carboxylic acids is 1. The van der Waals surface area contributed by atoms with Crippen LogP contribution in [0.15, 0.2) is 36.4 Å². The van der Waals surface area contributed by atoms with Gasteiger partial charge in [-0.3, -0.25) is 0 Å². The lowest BCUT2D eigenvalue weighted by atomic mass is 9.74. The zero-order valence-electron chi connectivity index (χ0n) is 24.8. The third kappa shape index (κ3) is 6.88. The molecule has 0 spiro atoms. The minimum absolute atomic E-state index is 0.170. The maximum absolute atomic E-state index is 13.8. The molecule has 2 amide bonds. The van der Waals surface area contributed by atoms with Crippen molar-refractivity contribution >= 4 is 12.0 Å². The van der Waals surface area contributed by atoms with Gasteiger partial charge < -0.3 is 34.3 Å². The molecule has 1 fully saturated rings. The largest absolute Gasteiger partial charge is 0.493 e. The molecule has 9 heteroatoms. The fourth-order valence-electron chi connectivity index (χ4n) is 5.26. The molecule has 0 aromatic heterocycles. The number of carboxylic acid groups (broad SMARTS) is 1. The van der Waals surface area contributed by atoms with E-state index in [0.29, 0.717) is 19.0 Å². The van der Waals surface area contributed by atoms with Crippen molar-refractivity contribution in [3.63, 3.8) is 0 Å². The number of ether oxygens (including phenoxy) is 4. The van der Waals surface area contributed by atoms with Crippen LogP contribution in [0.1, 0.15) is 74.9 Å². The Morgan fingerprint density at radius 3 is 2.30 bits per heavy atom. The fraction of sp³-hybridized carbons (Fsp3) is 0.548. The van der Waals surface area contributed by atoms with E-state index in [0.717, 1.165) is 28.0 Å². The quantitative estimate of drug-likeness (QED) is 0.313. The second kappa shape index (κ2) is 13.9. The van der Waals surface area contributed by atoms with E-state index in [1.54, 1.807) is 12.0 Å². The maximum Gasteiger partial charge on any atom is 0.329 e. The lowest BCUT2D eigenvalue weighted by Crippen LogP contribution is -2.66. The van der Waals surface area contributed by atoms with Gasteiger partial charge >= 0.3 is 12.0 Å². The van der Waals surface area contributed by atoms with Crippen LogP contribution in [0.5, 0.6) is 11.5 Å². The minimum Gasteiger partial charge on any atom is -0.493 e. The first kappa shape index (κ1) is 31.2. The summed E-state index contributed by atoms with van der Waals surface area (Å²) in [4.78, 5) is 27.6. The highest BCUT2D eigenvalue weighted by molar-refractivity contribution is 5.87. The summed E-state index contributed by atoms with van der Waals surface area (Å²) < 4.78 is 23.3. The van der Waals surface area contributed by atoms with Gasteiger partial charge in [0.25, 0.3) is 0 Å². The zero-order chi connectivity index (χ0) is 29.4. The summed E-state index contributed by atoms with van der Waals surface area (Å²) in [6.45, 7) is 13.2. The van der Waals surface area contributed by atoms with Gasteiger partial charge in [0.1, 0.15) is 17.0 Å². The predicted molar refractivity (Wildman–Crippen MR) is 153 cm³/mol. The fourth-order valence-corrected chi connectivity index (χ4v) is 5.26. The smallest absolute Gasteiger partial charge is 0.329 e. The molecule has 0 aliphatic heterocycles. The number of urea groups is 1. The Labute approximate surface area is 237 Å². The normalized spacial score (nSPS) is 19.7. The first-order chi connectivity index (χ1) is 19.1. The van der Waals surface area contributed by atoms with Crippen molar-refractivity contribution < 1.29 is 33.6 Å². The van der Waals surface area contributed by atoms with Gasteiger partial charge in [-0.2, -0.15) is 0 Å². The molecule has 1 aliphatic carbocycles. The van der Waals surface area contributed by atoms with E-state index in [9.17, 15) is 14.7 Å². The van der Waals surface area contributed by atoms with Gasteiger partial charge in [-0.05, 0) is 64.3 Å². The van der Waals surface area contributed by atoms with Gasteiger partial charge in [0.05, 0.1) is 38.1 Å². The van der Waals surface area contributed by atoms with Crippen molar-refractivity contribution in [2.75, 3.05) is 33.5 Å². The van der Waals surface area contributed by atoms with Crippen LogP contribution in [0.4, 0.5) is 4.79 Å². The number of hydrogen-bond donors (Lipinski definition) is 2.